The van der Waals surface area contributed by atoms with E-state index >= 15 is 0 Å². The predicted molar refractivity (Wildman–Crippen MR) is 30.2 cm³/mol. The molecule has 0 aliphatic carbocycles. The molecular weight excluding hydrogens is 199 g/mol. The van der Waals surface area contributed by atoms with E-state index in [1.54, 1.807) is 0 Å². The number of halogens is 5. The van der Waals surface area contributed by atoms with Crippen LogP contribution < -0.4 is 4.74 Å². The number of aromatic amines is 1. The number of nitrogens with zero attached hydrogens (tertiary/aromatic N) is 1. The summed E-state index contributed by atoms with van der Waals surface area (Å²) < 4.78 is 62.1. The van der Waals surface area contributed by atoms with Crippen molar-refractivity contribution >= 4 is 0 Å². The highest BCUT2D eigenvalue weighted by atomic mass is 19.4. The first-order valence-electron chi connectivity index (χ1n) is 2.95. The molecule has 0 unspecified atom stereocenters. The first-order valence-corrected chi connectivity index (χ1v) is 2.95. The number of rotatable bonds is 2. The van der Waals surface area contributed by atoms with Gasteiger partial charge in [0.25, 0.3) is 0 Å². The van der Waals surface area contributed by atoms with Crippen molar-refractivity contribution in [3.63, 3.8) is 0 Å². The second-order valence-electron chi connectivity index (χ2n) is 2.03. The van der Waals surface area contributed by atoms with E-state index in [4.69, 9.17) is 0 Å². The lowest BCUT2D eigenvalue weighted by Crippen LogP contribution is -2.41. The van der Waals surface area contributed by atoms with Crippen molar-refractivity contribution in [3.8, 4) is 5.88 Å². The fourth-order valence-corrected chi connectivity index (χ4v) is 0.495. The van der Waals surface area contributed by atoms with Crippen LogP contribution in [0.5, 0.6) is 5.88 Å². The molecule has 0 aromatic carbocycles. The van der Waals surface area contributed by atoms with Gasteiger partial charge in [0.05, 0.1) is 12.5 Å². The average molecular weight is 202 g/mol. The van der Waals surface area contributed by atoms with Crippen molar-refractivity contribution in [2.45, 2.75) is 12.3 Å². The minimum absolute atomic E-state index is 0.708. The summed E-state index contributed by atoms with van der Waals surface area (Å²) in [5.41, 5.74) is 0. The number of imidazole rings is 1. The van der Waals surface area contributed by atoms with E-state index in [0.717, 1.165) is 6.33 Å². The largest absolute Gasteiger partial charge is 0.500 e. The van der Waals surface area contributed by atoms with Gasteiger partial charge in [0.1, 0.15) is 0 Å². The lowest BCUT2D eigenvalue weighted by Gasteiger charge is -2.18. The van der Waals surface area contributed by atoms with E-state index in [9.17, 15) is 22.0 Å². The Morgan fingerprint density at radius 3 is 2.23 bits per heavy atom. The van der Waals surface area contributed by atoms with Gasteiger partial charge in [0, 0.05) is 0 Å². The minimum atomic E-state index is -5.74. The molecule has 1 N–H and O–H groups in total. The number of nitrogens with one attached hydrogen (secondary N) is 1. The third kappa shape index (κ3) is 2.07. The maximum absolute atomic E-state index is 12.1. The maximum atomic E-state index is 12.1. The second-order valence-corrected chi connectivity index (χ2v) is 2.03. The fraction of sp³-hybridized carbons (Fsp3) is 0.400. The number of ether oxygens (including phenoxy) is 1. The van der Waals surface area contributed by atoms with Crippen LogP contribution in [0.1, 0.15) is 0 Å². The summed E-state index contributed by atoms with van der Waals surface area (Å²) in [6, 6.07) is 0. The highest BCUT2D eigenvalue weighted by Crippen LogP contribution is 2.36. The Morgan fingerprint density at radius 1 is 1.23 bits per heavy atom. The first kappa shape index (κ1) is 9.75. The molecule has 0 saturated carbocycles. The van der Waals surface area contributed by atoms with Gasteiger partial charge in [-0.25, -0.2) is 4.98 Å². The quantitative estimate of drug-likeness (QED) is 0.744. The third-order valence-electron chi connectivity index (χ3n) is 1.04. The minimum Gasteiger partial charge on any atom is -0.408 e. The molecule has 0 radical (unpaired) electrons. The lowest BCUT2D eigenvalue weighted by atomic mass is 10.6. The molecule has 0 amide bonds. The van der Waals surface area contributed by atoms with Crippen LogP contribution in [0.15, 0.2) is 12.5 Å². The Balaban J connectivity index is 2.73. The Hall–Kier alpha value is -1.34. The SMILES string of the molecule is FC(F)(F)C(F)(F)Oc1cnc[nH]1. The molecule has 0 bridgehead atoms. The highest BCUT2D eigenvalue weighted by molar-refractivity contribution is 5.02. The van der Waals surface area contributed by atoms with Crippen LogP contribution in [0.25, 0.3) is 0 Å². The van der Waals surface area contributed by atoms with Crippen LogP contribution >= 0.6 is 0 Å². The zero-order valence-electron chi connectivity index (χ0n) is 5.90. The molecule has 1 rings (SSSR count). The molecule has 1 heterocycles. The maximum Gasteiger partial charge on any atom is 0.500 e. The molecular formula is C5H3F5N2O. The first-order chi connectivity index (χ1) is 5.83. The molecule has 0 spiro atoms. The summed E-state index contributed by atoms with van der Waals surface area (Å²) in [7, 11) is 0. The van der Waals surface area contributed by atoms with Gasteiger partial charge in [-0.2, -0.15) is 22.0 Å². The number of aromatic nitrogens is 2. The van der Waals surface area contributed by atoms with Crippen LogP contribution in [-0.2, 0) is 0 Å². The highest BCUT2D eigenvalue weighted by Gasteiger charge is 2.61. The van der Waals surface area contributed by atoms with Crippen molar-refractivity contribution < 1.29 is 26.7 Å². The van der Waals surface area contributed by atoms with E-state index in [-0.39, 0.29) is 0 Å². The third-order valence-corrected chi connectivity index (χ3v) is 1.04. The van der Waals surface area contributed by atoms with Gasteiger partial charge in [-0.1, -0.05) is 0 Å². The summed E-state index contributed by atoms with van der Waals surface area (Å²) in [4.78, 5) is 5.16. The number of hydrogen-bond donors (Lipinski definition) is 1. The average Bonchev–Trinajstić information content (AvgIpc) is 2.35. The summed E-state index contributed by atoms with van der Waals surface area (Å²) in [5.74, 6) is -0.748. The second kappa shape index (κ2) is 2.86. The van der Waals surface area contributed by atoms with Crippen molar-refractivity contribution in [1.29, 1.82) is 0 Å². The molecule has 8 heteroatoms. The molecule has 13 heavy (non-hydrogen) atoms. The summed E-state index contributed by atoms with van der Waals surface area (Å²) >= 11 is 0. The Bertz CT molecular complexity index is 267. The normalized spacial score (nSPS) is 13.0. The van der Waals surface area contributed by atoms with Crippen LogP contribution in [0.3, 0.4) is 0 Å². The van der Waals surface area contributed by atoms with Gasteiger partial charge in [-0.15, -0.1) is 0 Å². The van der Waals surface area contributed by atoms with Crippen LogP contribution in [0, 0.1) is 0 Å². The molecule has 0 saturated heterocycles. The fourth-order valence-electron chi connectivity index (χ4n) is 0.495. The van der Waals surface area contributed by atoms with E-state index < -0.39 is 18.2 Å². The number of H-pyrrole nitrogens is 1. The van der Waals surface area contributed by atoms with Crippen LogP contribution in [-0.4, -0.2) is 22.3 Å². The summed E-state index contributed by atoms with van der Waals surface area (Å²) in [6.45, 7) is 0. The van der Waals surface area contributed by atoms with Crippen molar-refractivity contribution in [3.05, 3.63) is 12.5 Å². The number of hydrogen-bond acceptors (Lipinski definition) is 2. The monoisotopic (exact) mass is 202 g/mol. The van der Waals surface area contributed by atoms with E-state index in [1.807, 2.05) is 4.98 Å². The van der Waals surface area contributed by atoms with Crippen LogP contribution in [0.4, 0.5) is 22.0 Å². The van der Waals surface area contributed by atoms with E-state index in [2.05, 4.69) is 9.72 Å². The standard InChI is InChI=1S/C5H3F5N2O/c6-4(7,8)5(9,10)13-3-1-11-2-12-3/h1-2H,(H,11,12). The molecule has 1 aromatic rings. The van der Waals surface area contributed by atoms with Gasteiger partial charge in [-0.05, 0) is 0 Å². The molecule has 74 valence electrons. The van der Waals surface area contributed by atoms with Crippen LogP contribution in [0.2, 0.25) is 0 Å². The Kier molecular flexibility index (Phi) is 2.14. The van der Waals surface area contributed by atoms with Crippen molar-refractivity contribution in [1.82, 2.24) is 9.97 Å². The molecule has 3 nitrogen and oxygen atoms in total. The Labute approximate surface area is 68.5 Å². The molecule has 0 aliphatic rings. The summed E-state index contributed by atoms with van der Waals surface area (Å²) in [5, 5.41) is 0. The van der Waals surface area contributed by atoms with E-state index in [0.29, 0.717) is 6.20 Å². The molecule has 0 aliphatic heterocycles. The summed E-state index contributed by atoms with van der Waals surface area (Å²) in [6.07, 6.45) is -9.32. The number of alkyl halides is 5. The molecule has 1 aromatic heterocycles. The van der Waals surface area contributed by atoms with E-state index in [1.165, 1.54) is 0 Å². The predicted octanol–water partition coefficient (Wildman–Crippen LogP) is 1.94. The molecule has 0 atom stereocenters. The Morgan fingerprint density at radius 2 is 1.85 bits per heavy atom. The van der Waals surface area contributed by atoms with Gasteiger partial charge in [0.15, 0.2) is 0 Å². The van der Waals surface area contributed by atoms with Gasteiger partial charge in [-0.3, -0.25) is 0 Å². The zero-order chi connectivity index (χ0) is 10.1. The van der Waals surface area contributed by atoms with Crippen molar-refractivity contribution in [2.75, 3.05) is 0 Å². The zero-order valence-corrected chi connectivity index (χ0v) is 5.90. The van der Waals surface area contributed by atoms with Gasteiger partial charge >= 0.3 is 12.3 Å². The lowest BCUT2D eigenvalue weighted by molar-refractivity contribution is -0.361. The van der Waals surface area contributed by atoms with Gasteiger partial charge < -0.3 is 9.72 Å². The molecule has 0 fully saturated rings. The topological polar surface area (TPSA) is 37.9 Å². The smallest absolute Gasteiger partial charge is 0.408 e. The van der Waals surface area contributed by atoms with Crippen molar-refractivity contribution in [2.24, 2.45) is 0 Å². The van der Waals surface area contributed by atoms with Gasteiger partial charge in [0.2, 0.25) is 5.88 Å².